The highest BCUT2D eigenvalue weighted by Crippen LogP contribution is 2.31. The Balaban J connectivity index is 2.27. The highest BCUT2D eigenvalue weighted by molar-refractivity contribution is 5.85. The second-order valence-corrected chi connectivity index (χ2v) is 5.70. The van der Waals surface area contributed by atoms with Crippen molar-refractivity contribution in [3.8, 4) is 5.75 Å². The van der Waals surface area contributed by atoms with Crippen molar-refractivity contribution in [2.75, 3.05) is 13.2 Å². The van der Waals surface area contributed by atoms with Crippen LogP contribution in [0.15, 0.2) is 24.4 Å². The summed E-state index contributed by atoms with van der Waals surface area (Å²) in [6, 6.07) is 6.24. The molecule has 0 amide bonds. The van der Waals surface area contributed by atoms with Crippen LogP contribution < -0.4 is 10.5 Å². The third kappa shape index (κ3) is 2.92. The molecule has 0 aliphatic heterocycles. The van der Waals surface area contributed by atoms with E-state index in [0.29, 0.717) is 6.54 Å². The Morgan fingerprint density at radius 3 is 2.79 bits per heavy atom. The van der Waals surface area contributed by atoms with Gasteiger partial charge in [0.1, 0.15) is 5.75 Å². The minimum absolute atomic E-state index is 0.0111. The molecule has 1 aromatic heterocycles. The molecular weight excluding hydrogens is 236 g/mol. The molecule has 0 spiro atoms. The van der Waals surface area contributed by atoms with Crippen molar-refractivity contribution in [1.82, 2.24) is 4.98 Å². The molecular formula is C16H24N2O. The maximum absolute atomic E-state index is 5.86. The third-order valence-corrected chi connectivity index (χ3v) is 3.66. The fourth-order valence-electron chi connectivity index (χ4n) is 2.20. The molecule has 0 saturated carbocycles. The van der Waals surface area contributed by atoms with Gasteiger partial charge in [-0.05, 0) is 24.1 Å². The van der Waals surface area contributed by atoms with Crippen LogP contribution in [0.2, 0.25) is 0 Å². The Morgan fingerprint density at radius 1 is 1.32 bits per heavy atom. The summed E-state index contributed by atoms with van der Waals surface area (Å²) in [6.45, 7) is 7.92. The summed E-state index contributed by atoms with van der Waals surface area (Å²) in [5, 5.41) is 1.23. The molecule has 3 heteroatoms. The van der Waals surface area contributed by atoms with Crippen LogP contribution in [-0.4, -0.2) is 18.1 Å². The van der Waals surface area contributed by atoms with Crippen molar-refractivity contribution < 1.29 is 4.74 Å². The first kappa shape index (κ1) is 13.9. The maximum Gasteiger partial charge on any atom is 0.121 e. The van der Waals surface area contributed by atoms with E-state index >= 15 is 0 Å². The quantitative estimate of drug-likeness (QED) is 0.780. The van der Waals surface area contributed by atoms with Gasteiger partial charge in [-0.25, -0.2) is 0 Å². The lowest BCUT2D eigenvalue weighted by Gasteiger charge is -2.21. The summed E-state index contributed by atoms with van der Waals surface area (Å²) < 4.78 is 5.73. The molecule has 1 aromatic carbocycles. The van der Waals surface area contributed by atoms with Crippen LogP contribution in [0.3, 0.4) is 0 Å². The van der Waals surface area contributed by atoms with Crippen LogP contribution in [0.25, 0.3) is 10.9 Å². The van der Waals surface area contributed by atoms with Crippen molar-refractivity contribution >= 4 is 10.9 Å². The molecule has 0 radical (unpaired) electrons. The van der Waals surface area contributed by atoms with E-state index in [-0.39, 0.29) is 5.41 Å². The number of nitrogens with two attached hydrogens (primary N) is 1. The van der Waals surface area contributed by atoms with E-state index in [1.165, 1.54) is 10.9 Å². The van der Waals surface area contributed by atoms with Gasteiger partial charge in [-0.3, -0.25) is 0 Å². The SMILES string of the molecule is CCCCOc1ccc2c(C(C)(C)CN)c[nH]c2c1. The predicted octanol–water partition coefficient (Wildman–Crippen LogP) is 3.58. The van der Waals surface area contributed by atoms with Crippen LogP contribution in [-0.2, 0) is 5.41 Å². The molecule has 0 saturated heterocycles. The number of ether oxygens (including phenoxy) is 1. The van der Waals surface area contributed by atoms with Gasteiger partial charge in [0.05, 0.1) is 6.61 Å². The van der Waals surface area contributed by atoms with Gasteiger partial charge in [0.15, 0.2) is 0 Å². The van der Waals surface area contributed by atoms with Gasteiger partial charge in [0, 0.05) is 35.1 Å². The summed E-state index contributed by atoms with van der Waals surface area (Å²) >= 11 is 0. The zero-order valence-electron chi connectivity index (χ0n) is 12.1. The number of rotatable bonds is 6. The van der Waals surface area contributed by atoms with Crippen molar-refractivity contribution in [2.45, 2.75) is 39.0 Å². The first-order valence-electron chi connectivity index (χ1n) is 7.03. The zero-order chi connectivity index (χ0) is 13.9. The average molecular weight is 260 g/mol. The molecule has 0 aliphatic rings. The highest BCUT2D eigenvalue weighted by Gasteiger charge is 2.22. The minimum Gasteiger partial charge on any atom is -0.494 e. The first-order valence-corrected chi connectivity index (χ1v) is 7.03. The number of benzene rings is 1. The lowest BCUT2D eigenvalue weighted by Crippen LogP contribution is -2.27. The van der Waals surface area contributed by atoms with Crippen molar-refractivity contribution in [1.29, 1.82) is 0 Å². The standard InChI is InChI=1S/C16H24N2O/c1-4-5-8-19-12-6-7-13-14(16(2,3)11-17)10-18-15(13)9-12/h6-7,9-10,18H,4-5,8,11,17H2,1-3H3. The van der Waals surface area contributed by atoms with E-state index in [9.17, 15) is 0 Å². The normalized spacial score (nSPS) is 12.0. The first-order chi connectivity index (χ1) is 9.08. The molecule has 104 valence electrons. The van der Waals surface area contributed by atoms with E-state index in [1.807, 2.05) is 6.07 Å². The maximum atomic E-state index is 5.86. The topological polar surface area (TPSA) is 51.0 Å². The number of aromatic amines is 1. The van der Waals surface area contributed by atoms with Crippen LogP contribution >= 0.6 is 0 Å². The summed E-state index contributed by atoms with van der Waals surface area (Å²) in [6.07, 6.45) is 4.31. The van der Waals surface area contributed by atoms with Crippen molar-refractivity contribution in [3.63, 3.8) is 0 Å². The molecule has 3 nitrogen and oxygen atoms in total. The summed E-state index contributed by atoms with van der Waals surface area (Å²) in [4.78, 5) is 3.32. The van der Waals surface area contributed by atoms with Gasteiger partial charge in [0.2, 0.25) is 0 Å². The molecule has 3 N–H and O–H groups in total. The Kier molecular flexibility index (Phi) is 4.15. The number of unbranched alkanes of at least 4 members (excludes halogenated alkanes) is 1. The number of hydrogen-bond acceptors (Lipinski definition) is 2. The molecule has 1 heterocycles. The van der Waals surface area contributed by atoms with Crippen LogP contribution in [0.1, 0.15) is 39.2 Å². The van der Waals surface area contributed by atoms with Crippen LogP contribution in [0, 0.1) is 0 Å². The van der Waals surface area contributed by atoms with E-state index in [2.05, 4.69) is 44.1 Å². The van der Waals surface area contributed by atoms with E-state index in [0.717, 1.165) is 30.7 Å². The molecule has 0 bridgehead atoms. The van der Waals surface area contributed by atoms with Gasteiger partial charge < -0.3 is 15.5 Å². The Bertz CT molecular complexity index is 543. The molecule has 2 rings (SSSR count). The van der Waals surface area contributed by atoms with E-state index < -0.39 is 0 Å². The van der Waals surface area contributed by atoms with Crippen LogP contribution in [0.5, 0.6) is 5.75 Å². The number of nitrogens with one attached hydrogen (secondary N) is 1. The molecule has 19 heavy (non-hydrogen) atoms. The molecule has 0 fully saturated rings. The fourth-order valence-corrected chi connectivity index (χ4v) is 2.20. The Morgan fingerprint density at radius 2 is 2.11 bits per heavy atom. The molecule has 0 aliphatic carbocycles. The van der Waals surface area contributed by atoms with Crippen molar-refractivity contribution in [2.24, 2.45) is 5.73 Å². The fraction of sp³-hybridized carbons (Fsp3) is 0.500. The average Bonchev–Trinajstić information content (AvgIpc) is 2.83. The molecule has 0 unspecified atom stereocenters. The summed E-state index contributed by atoms with van der Waals surface area (Å²) in [5.41, 5.74) is 8.23. The monoisotopic (exact) mass is 260 g/mol. The highest BCUT2D eigenvalue weighted by atomic mass is 16.5. The Hall–Kier alpha value is -1.48. The Labute approximate surface area is 115 Å². The largest absolute Gasteiger partial charge is 0.494 e. The summed E-state index contributed by atoms with van der Waals surface area (Å²) in [5.74, 6) is 0.930. The van der Waals surface area contributed by atoms with Gasteiger partial charge >= 0.3 is 0 Å². The minimum atomic E-state index is -0.0111. The smallest absolute Gasteiger partial charge is 0.121 e. The summed E-state index contributed by atoms with van der Waals surface area (Å²) in [7, 11) is 0. The third-order valence-electron chi connectivity index (χ3n) is 3.66. The van der Waals surface area contributed by atoms with Gasteiger partial charge in [0.25, 0.3) is 0 Å². The van der Waals surface area contributed by atoms with Crippen LogP contribution in [0.4, 0.5) is 0 Å². The van der Waals surface area contributed by atoms with E-state index in [4.69, 9.17) is 10.5 Å². The second-order valence-electron chi connectivity index (χ2n) is 5.70. The number of fused-ring (bicyclic) bond motifs is 1. The van der Waals surface area contributed by atoms with Gasteiger partial charge in [-0.2, -0.15) is 0 Å². The van der Waals surface area contributed by atoms with Crippen molar-refractivity contribution in [3.05, 3.63) is 30.0 Å². The lowest BCUT2D eigenvalue weighted by atomic mass is 9.85. The predicted molar refractivity (Wildman–Crippen MR) is 80.8 cm³/mol. The molecule has 0 atom stereocenters. The second kappa shape index (κ2) is 5.66. The lowest BCUT2D eigenvalue weighted by molar-refractivity contribution is 0.310. The number of hydrogen-bond donors (Lipinski definition) is 2. The number of H-pyrrole nitrogens is 1. The van der Waals surface area contributed by atoms with Gasteiger partial charge in [-0.15, -0.1) is 0 Å². The molecule has 2 aromatic rings. The van der Waals surface area contributed by atoms with E-state index in [1.54, 1.807) is 0 Å². The zero-order valence-corrected chi connectivity index (χ0v) is 12.1. The van der Waals surface area contributed by atoms with Gasteiger partial charge in [-0.1, -0.05) is 27.2 Å². The number of aromatic nitrogens is 1.